The first-order valence-electron chi connectivity index (χ1n) is 8.15. The van der Waals surface area contributed by atoms with E-state index in [9.17, 15) is 4.79 Å². The minimum atomic E-state index is 0.223. The van der Waals surface area contributed by atoms with Gasteiger partial charge in [0.2, 0.25) is 5.91 Å². The van der Waals surface area contributed by atoms with Gasteiger partial charge in [0.05, 0.1) is 6.42 Å². The zero-order valence-corrected chi connectivity index (χ0v) is 15.5. The van der Waals surface area contributed by atoms with E-state index in [0.29, 0.717) is 18.5 Å². The third-order valence-electron chi connectivity index (χ3n) is 4.77. The van der Waals surface area contributed by atoms with Gasteiger partial charge in [0.15, 0.2) is 0 Å². The first kappa shape index (κ1) is 17.5. The van der Waals surface area contributed by atoms with Gasteiger partial charge in [-0.05, 0) is 44.6 Å². The molecule has 2 unspecified atom stereocenters. The van der Waals surface area contributed by atoms with E-state index in [1.54, 1.807) is 0 Å². The molecule has 0 aliphatic heterocycles. The molecular weight excluding hydrogens is 340 g/mol. The summed E-state index contributed by atoms with van der Waals surface area (Å²) in [5.41, 5.74) is 1.08. The Bertz CT molecular complexity index is 486. The Hall–Kier alpha value is -0.870. The van der Waals surface area contributed by atoms with Gasteiger partial charge in [-0.2, -0.15) is 0 Å². The fourth-order valence-corrected chi connectivity index (χ4v) is 3.67. The average Bonchev–Trinajstić information content (AvgIpc) is 2.74. The van der Waals surface area contributed by atoms with Gasteiger partial charge in [0, 0.05) is 23.6 Å². The van der Waals surface area contributed by atoms with Crippen molar-refractivity contribution in [2.24, 2.45) is 0 Å². The predicted molar refractivity (Wildman–Crippen MR) is 95.0 cm³/mol. The van der Waals surface area contributed by atoms with Crippen molar-refractivity contribution in [1.29, 1.82) is 0 Å². The Kier molecular flexibility index (Phi) is 6.45. The summed E-state index contributed by atoms with van der Waals surface area (Å²) in [6, 6.07) is 8.84. The molecule has 0 spiro atoms. The molecule has 0 heterocycles. The normalized spacial score (nSPS) is 22.4. The number of benzene rings is 1. The number of hydrogen-bond donors (Lipinski definition) is 0. The van der Waals surface area contributed by atoms with Crippen LogP contribution in [-0.4, -0.2) is 48.9 Å². The Morgan fingerprint density at radius 3 is 2.23 bits per heavy atom. The fourth-order valence-electron chi connectivity index (χ4n) is 3.41. The van der Waals surface area contributed by atoms with Crippen LogP contribution in [0.3, 0.4) is 0 Å². The Balaban J connectivity index is 2.05. The molecular formula is C18H27BrN2O. The third-order valence-corrected chi connectivity index (χ3v) is 5.30. The molecule has 1 aromatic carbocycles. The van der Waals surface area contributed by atoms with E-state index in [2.05, 4.69) is 34.9 Å². The predicted octanol–water partition coefficient (Wildman–Crippen LogP) is 3.71. The van der Waals surface area contributed by atoms with E-state index < -0.39 is 0 Å². The molecule has 1 saturated carbocycles. The molecule has 2 rings (SSSR count). The van der Waals surface area contributed by atoms with Gasteiger partial charge in [-0.15, -0.1) is 0 Å². The molecule has 0 bridgehead atoms. The molecule has 22 heavy (non-hydrogen) atoms. The molecule has 0 radical (unpaired) electrons. The lowest BCUT2D eigenvalue weighted by Crippen LogP contribution is -2.50. The van der Waals surface area contributed by atoms with E-state index in [0.717, 1.165) is 16.5 Å². The van der Waals surface area contributed by atoms with Crippen LogP contribution in [-0.2, 0) is 11.2 Å². The number of halogens is 1. The van der Waals surface area contributed by atoms with E-state index in [1.807, 2.05) is 36.2 Å². The minimum absolute atomic E-state index is 0.223. The van der Waals surface area contributed by atoms with Crippen LogP contribution in [0.5, 0.6) is 0 Å². The molecule has 0 aromatic heterocycles. The molecule has 1 aliphatic rings. The fraction of sp³-hybridized carbons (Fsp3) is 0.611. The van der Waals surface area contributed by atoms with Crippen molar-refractivity contribution in [3.63, 3.8) is 0 Å². The van der Waals surface area contributed by atoms with E-state index >= 15 is 0 Å². The second kappa shape index (κ2) is 8.11. The van der Waals surface area contributed by atoms with E-state index in [1.165, 1.54) is 25.7 Å². The Morgan fingerprint density at radius 2 is 1.64 bits per heavy atom. The maximum Gasteiger partial charge on any atom is 0.227 e. The quantitative estimate of drug-likeness (QED) is 0.758. The average molecular weight is 367 g/mol. The van der Waals surface area contributed by atoms with Crippen LogP contribution in [0.25, 0.3) is 0 Å². The van der Waals surface area contributed by atoms with Gasteiger partial charge in [0.25, 0.3) is 0 Å². The lowest BCUT2D eigenvalue weighted by molar-refractivity contribution is -0.132. The Labute approximate surface area is 142 Å². The van der Waals surface area contributed by atoms with Gasteiger partial charge in [-0.1, -0.05) is 47.3 Å². The molecule has 1 aliphatic carbocycles. The summed E-state index contributed by atoms with van der Waals surface area (Å²) < 4.78 is 1.05. The highest BCUT2D eigenvalue weighted by Crippen LogP contribution is 2.25. The van der Waals surface area contributed by atoms with Crippen molar-refractivity contribution in [3.05, 3.63) is 34.3 Å². The molecule has 4 heteroatoms. The van der Waals surface area contributed by atoms with Gasteiger partial charge < -0.3 is 9.80 Å². The molecule has 122 valence electrons. The SMILES string of the molecule is CN(C)C1CCCCCC1N(C)C(=O)Cc1ccc(Br)cc1. The smallest absolute Gasteiger partial charge is 0.227 e. The molecule has 1 aromatic rings. The minimum Gasteiger partial charge on any atom is -0.341 e. The van der Waals surface area contributed by atoms with Crippen LogP contribution >= 0.6 is 15.9 Å². The first-order chi connectivity index (χ1) is 10.5. The van der Waals surface area contributed by atoms with Gasteiger partial charge in [0.1, 0.15) is 0 Å². The maximum atomic E-state index is 12.7. The molecule has 1 fully saturated rings. The van der Waals surface area contributed by atoms with Crippen molar-refractivity contribution in [2.75, 3.05) is 21.1 Å². The Morgan fingerprint density at radius 1 is 1.05 bits per heavy atom. The van der Waals surface area contributed by atoms with Crippen molar-refractivity contribution in [3.8, 4) is 0 Å². The largest absolute Gasteiger partial charge is 0.341 e. The monoisotopic (exact) mass is 366 g/mol. The van der Waals surface area contributed by atoms with Gasteiger partial charge in [-0.25, -0.2) is 0 Å². The zero-order valence-electron chi connectivity index (χ0n) is 13.9. The molecule has 0 N–H and O–H groups in total. The highest BCUT2D eigenvalue weighted by atomic mass is 79.9. The standard InChI is InChI=1S/C18H27BrN2O/c1-20(2)16-7-5-4-6-8-17(16)21(3)18(22)13-14-9-11-15(19)12-10-14/h9-12,16-17H,4-8,13H2,1-3H3. The number of amides is 1. The van der Waals surface area contributed by atoms with Crippen LogP contribution < -0.4 is 0 Å². The van der Waals surface area contributed by atoms with Gasteiger partial charge >= 0.3 is 0 Å². The van der Waals surface area contributed by atoms with E-state index in [4.69, 9.17) is 0 Å². The van der Waals surface area contributed by atoms with Crippen molar-refractivity contribution >= 4 is 21.8 Å². The summed E-state index contributed by atoms with van der Waals surface area (Å²) in [5.74, 6) is 0.223. The summed E-state index contributed by atoms with van der Waals surface area (Å²) in [6.07, 6.45) is 6.58. The van der Waals surface area contributed by atoms with Crippen LogP contribution in [0.1, 0.15) is 37.7 Å². The van der Waals surface area contributed by atoms with Crippen LogP contribution in [0.4, 0.5) is 0 Å². The third kappa shape index (κ3) is 4.56. The van der Waals surface area contributed by atoms with Crippen molar-refractivity contribution < 1.29 is 4.79 Å². The lowest BCUT2D eigenvalue weighted by atomic mass is 9.99. The number of carbonyl (C=O) groups is 1. The summed E-state index contributed by atoms with van der Waals surface area (Å²) in [5, 5.41) is 0. The number of hydrogen-bond acceptors (Lipinski definition) is 2. The highest BCUT2D eigenvalue weighted by molar-refractivity contribution is 9.10. The van der Waals surface area contributed by atoms with E-state index in [-0.39, 0.29) is 5.91 Å². The number of nitrogens with zero attached hydrogens (tertiary/aromatic N) is 2. The summed E-state index contributed by atoms with van der Waals surface area (Å²) in [7, 11) is 6.25. The summed E-state index contributed by atoms with van der Waals surface area (Å²) in [6.45, 7) is 0. The number of rotatable bonds is 4. The topological polar surface area (TPSA) is 23.6 Å². The second-order valence-electron chi connectivity index (χ2n) is 6.54. The molecule has 1 amide bonds. The molecule has 0 saturated heterocycles. The second-order valence-corrected chi connectivity index (χ2v) is 7.46. The van der Waals surface area contributed by atoms with Crippen LogP contribution in [0, 0.1) is 0 Å². The van der Waals surface area contributed by atoms with Gasteiger partial charge in [-0.3, -0.25) is 4.79 Å². The maximum absolute atomic E-state index is 12.7. The summed E-state index contributed by atoms with van der Waals surface area (Å²) in [4.78, 5) is 17.0. The number of carbonyl (C=O) groups excluding carboxylic acids is 1. The van der Waals surface area contributed by atoms with Crippen LogP contribution in [0.2, 0.25) is 0 Å². The zero-order chi connectivity index (χ0) is 16.1. The highest BCUT2D eigenvalue weighted by Gasteiger charge is 2.30. The van der Waals surface area contributed by atoms with Crippen LogP contribution in [0.15, 0.2) is 28.7 Å². The first-order valence-corrected chi connectivity index (χ1v) is 8.95. The van der Waals surface area contributed by atoms with Crippen molar-refractivity contribution in [2.45, 2.75) is 50.6 Å². The van der Waals surface area contributed by atoms with Crippen molar-refractivity contribution in [1.82, 2.24) is 9.80 Å². The molecule has 3 nitrogen and oxygen atoms in total. The lowest BCUT2D eigenvalue weighted by Gasteiger charge is -2.37. The number of likely N-dealkylation sites (N-methyl/N-ethyl adjacent to an activating group) is 2. The molecule has 2 atom stereocenters. The summed E-state index contributed by atoms with van der Waals surface area (Å²) >= 11 is 3.43.